The number of hydrogen-bond acceptors (Lipinski definition) is 4. The van der Waals surface area contributed by atoms with Gasteiger partial charge in [-0.3, -0.25) is 4.90 Å². The summed E-state index contributed by atoms with van der Waals surface area (Å²) in [6.45, 7) is 12.9. The molecule has 0 aromatic rings. The molecule has 17 heavy (non-hydrogen) atoms. The van der Waals surface area contributed by atoms with Gasteiger partial charge in [0.1, 0.15) is 0 Å². The van der Waals surface area contributed by atoms with E-state index in [0.29, 0.717) is 19.2 Å². The lowest BCUT2D eigenvalue weighted by molar-refractivity contribution is -0.0868. The van der Waals surface area contributed by atoms with E-state index in [1.54, 1.807) is 0 Å². The summed E-state index contributed by atoms with van der Waals surface area (Å²) in [7, 11) is 0. The van der Waals surface area contributed by atoms with Crippen LogP contribution in [-0.2, 0) is 9.47 Å². The second kappa shape index (κ2) is 6.14. The number of ether oxygens (including phenoxy) is 2. The summed E-state index contributed by atoms with van der Waals surface area (Å²) in [6, 6.07) is 0.371. The van der Waals surface area contributed by atoms with E-state index in [4.69, 9.17) is 9.47 Å². The van der Waals surface area contributed by atoms with Crippen LogP contribution in [0, 0.1) is 0 Å². The van der Waals surface area contributed by atoms with Gasteiger partial charge in [-0.05, 0) is 34.6 Å². The van der Waals surface area contributed by atoms with Gasteiger partial charge in [-0.25, -0.2) is 0 Å². The van der Waals surface area contributed by atoms with Gasteiger partial charge in [0, 0.05) is 19.1 Å². The molecule has 1 N–H and O–H groups in total. The molecule has 3 atom stereocenters. The number of hydrogen-bond donors (Lipinski definition) is 1. The molecule has 1 saturated heterocycles. The van der Waals surface area contributed by atoms with Crippen LogP contribution < -0.4 is 0 Å². The lowest BCUT2D eigenvalue weighted by Crippen LogP contribution is -2.50. The first-order valence-corrected chi connectivity index (χ1v) is 6.45. The Morgan fingerprint density at radius 1 is 1.41 bits per heavy atom. The molecular formula is C13H27NO3. The normalized spacial score (nSPS) is 29.3. The van der Waals surface area contributed by atoms with Crippen molar-refractivity contribution in [1.29, 1.82) is 0 Å². The number of aliphatic hydroxyl groups is 1. The zero-order valence-corrected chi connectivity index (χ0v) is 11.8. The van der Waals surface area contributed by atoms with Crippen LogP contribution in [0.3, 0.4) is 0 Å². The van der Waals surface area contributed by atoms with E-state index in [1.807, 2.05) is 20.8 Å². The van der Waals surface area contributed by atoms with Crippen molar-refractivity contribution >= 4 is 0 Å². The van der Waals surface area contributed by atoms with Crippen LogP contribution in [-0.4, -0.2) is 60.2 Å². The zero-order chi connectivity index (χ0) is 13.1. The van der Waals surface area contributed by atoms with Crippen molar-refractivity contribution in [3.8, 4) is 0 Å². The van der Waals surface area contributed by atoms with Gasteiger partial charge in [0.15, 0.2) is 0 Å². The van der Waals surface area contributed by atoms with Gasteiger partial charge in [-0.2, -0.15) is 0 Å². The van der Waals surface area contributed by atoms with Crippen LogP contribution in [0.4, 0.5) is 0 Å². The fourth-order valence-electron chi connectivity index (χ4n) is 1.90. The average molecular weight is 245 g/mol. The topological polar surface area (TPSA) is 41.9 Å². The van der Waals surface area contributed by atoms with Crippen LogP contribution in [0.15, 0.2) is 0 Å². The maximum Gasteiger partial charge on any atom is 0.0900 e. The fraction of sp³-hybridized carbons (Fsp3) is 1.00. The third kappa shape index (κ3) is 5.82. The fourth-order valence-corrected chi connectivity index (χ4v) is 1.90. The molecule has 0 amide bonds. The van der Waals surface area contributed by atoms with Gasteiger partial charge in [-0.15, -0.1) is 0 Å². The molecule has 0 aliphatic carbocycles. The van der Waals surface area contributed by atoms with Crippen molar-refractivity contribution in [2.45, 2.75) is 58.5 Å². The molecule has 4 nitrogen and oxygen atoms in total. The Balaban J connectivity index is 2.31. The SMILES string of the molecule is CC1CN(CC(O)COC(C)(C)C)C(C)CO1. The van der Waals surface area contributed by atoms with Crippen molar-refractivity contribution in [3.63, 3.8) is 0 Å². The van der Waals surface area contributed by atoms with Crippen molar-refractivity contribution in [2.24, 2.45) is 0 Å². The van der Waals surface area contributed by atoms with Crippen LogP contribution in [0.1, 0.15) is 34.6 Å². The van der Waals surface area contributed by atoms with Gasteiger partial charge in [0.05, 0.1) is 31.0 Å². The zero-order valence-electron chi connectivity index (χ0n) is 11.8. The third-order valence-corrected chi connectivity index (χ3v) is 2.89. The van der Waals surface area contributed by atoms with Crippen molar-refractivity contribution < 1.29 is 14.6 Å². The summed E-state index contributed by atoms with van der Waals surface area (Å²) in [4.78, 5) is 2.27. The molecule has 0 bridgehead atoms. The molecule has 102 valence electrons. The van der Waals surface area contributed by atoms with Crippen molar-refractivity contribution in [1.82, 2.24) is 4.90 Å². The molecule has 4 heteroatoms. The summed E-state index contributed by atoms with van der Waals surface area (Å²) in [5.74, 6) is 0. The Morgan fingerprint density at radius 3 is 2.65 bits per heavy atom. The number of nitrogens with zero attached hydrogens (tertiary/aromatic N) is 1. The Bertz CT molecular complexity index is 227. The summed E-state index contributed by atoms with van der Waals surface area (Å²) >= 11 is 0. The molecule has 1 fully saturated rings. The highest BCUT2D eigenvalue weighted by atomic mass is 16.5. The van der Waals surface area contributed by atoms with Crippen LogP contribution in [0.25, 0.3) is 0 Å². The number of rotatable bonds is 4. The molecule has 1 aliphatic rings. The maximum atomic E-state index is 9.96. The van der Waals surface area contributed by atoms with Crippen molar-refractivity contribution in [3.05, 3.63) is 0 Å². The minimum absolute atomic E-state index is 0.190. The summed E-state index contributed by atoms with van der Waals surface area (Å²) in [5.41, 5.74) is -0.190. The Morgan fingerprint density at radius 2 is 2.06 bits per heavy atom. The molecule has 0 aromatic carbocycles. The average Bonchev–Trinajstić information content (AvgIpc) is 2.20. The third-order valence-electron chi connectivity index (χ3n) is 2.89. The molecule has 3 unspecified atom stereocenters. The molecule has 1 aliphatic heterocycles. The highest BCUT2D eigenvalue weighted by Gasteiger charge is 2.25. The second-order valence-electron chi connectivity index (χ2n) is 6.02. The predicted molar refractivity (Wildman–Crippen MR) is 68.2 cm³/mol. The van der Waals surface area contributed by atoms with Crippen LogP contribution in [0.2, 0.25) is 0 Å². The standard InChI is InChI=1S/C13H27NO3/c1-10-8-16-11(2)6-14(10)7-12(15)9-17-13(3,4)5/h10-12,15H,6-9H2,1-5H3. The predicted octanol–water partition coefficient (Wildman–Crippen LogP) is 1.27. The summed E-state index contributed by atoms with van der Waals surface area (Å²) in [6.07, 6.45) is -0.177. The molecule has 1 heterocycles. The first-order chi connectivity index (χ1) is 7.78. The quantitative estimate of drug-likeness (QED) is 0.810. The van der Waals surface area contributed by atoms with Gasteiger partial charge in [0.2, 0.25) is 0 Å². The number of β-amino-alcohol motifs (C(OH)–C–C–N with tert-alkyl or cyclic N) is 1. The first-order valence-electron chi connectivity index (χ1n) is 6.45. The van der Waals surface area contributed by atoms with E-state index in [0.717, 1.165) is 13.2 Å². The largest absolute Gasteiger partial charge is 0.389 e. The molecule has 0 spiro atoms. The molecule has 0 saturated carbocycles. The smallest absolute Gasteiger partial charge is 0.0900 e. The van der Waals surface area contributed by atoms with E-state index in [-0.39, 0.29) is 11.7 Å². The van der Waals surface area contributed by atoms with Crippen molar-refractivity contribution in [2.75, 3.05) is 26.3 Å². The van der Waals surface area contributed by atoms with Crippen LogP contribution >= 0.6 is 0 Å². The molecule has 1 rings (SSSR count). The van der Waals surface area contributed by atoms with E-state index in [1.165, 1.54) is 0 Å². The molecule has 0 aromatic heterocycles. The highest BCUT2D eigenvalue weighted by molar-refractivity contribution is 4.77. The van der Waals surface area contributed by atoms with Gasteiger partial charge >= 0.3 is 0 Å². The maximum absolute atomic E-state index is 9.96. The van der Waals surface area contributed by atoms with Crippen LogP contribution in [0.5, 0.6) is 0 Å². The number of morpholine rings is 1. The summed E-state index contributed by atoms with van der Waals surface area (Å²) in [5, 5.41) is 9.96. The van der Waals surface area contributed by atoms with E-state index >= 15 is 0 Å². The van der Waals surface area contributed by atoms with E-state index in [9.17, 15) is 5.11 Å². The monoisotopic (exact) mass is 245 g/mol. The minimum atomic E-state index is -0.429. The van der Waals surface area contributed by atoms with Gasteiger partial charge < -0.3 is 14.6 Å². The highest BCUT2D eigenvalue weighted by Crippen LogP contribution is 2.13. The first kappa shape index (κ1) is 14.9. The Labute approximate surface area is 105 Å². The van der Waals surface area contributed by atoms with E-state index in [2.05, 4.69) is 18.7 Å². The van der Waals surface area contributed by atoms with Gasteiger partial charge in [-0.1, -0.05) is 0 Å². The lowest BCUT2D eigenvalue weighted by Gasteiger charge is -2.38. The molecule has 0 radical (unpaired) electrons. The summed E-state index contributed by atoms with van der Waals surface area (Å²) < 4.78 is 11.1. The minimum Gasteiger partial charge on any atom is -0.389 e. The van der Waals surface area contributed by atoms with Gasteiger partial charge in [0.25, 0.3) is 0 Å². The second-order valence-corrected chi connectivity index (χ2v) is 6.02. The Kier molecular flexibility index (Phi) is 5.38. The van der Waals surface area contributed by atoms with E-state index < -0.39 is 6.10 Å². The Hall–Kier alpha value is -0.160. The lowest BCUT2D eigenvalue weighted by atomic mass is 10.1. The number of aliphatic hydroxyl groups excluding tert-OH is 1. The molecular weight excluding hydrogens is 218 g/mol.